The highest BCUT2D eigenvalue weighted by molar-refractivity contribution is 7.96. The summed E-state index contributed by atoms with van der Waals surface area (Å²) < 4.78 is 27.0. The maximum atomic E-state index is 12.7. The molecular formula is C20H27ClN6O3S. The first-order valence-corrected chi connectivity index (χ1v) is 12.1. The molecule has 3 rings (SSSR count). The zero-order valence-electron chi connectivity index (χ0n) is 17.7. The van der Waals surface area contributed by atoms with Crippen LogP contribution in [-0.2, 0) is 9.84 Å². The minimum Gasteiger partial charge on any atom is -0.393 e. The molecule has 1 aliphatic carbocycles. The van der Waals surface area contributed by atoms with E-state index in [2.05, 4.69) is 20.6 Å². The maximum absolute atomic E-state index is 12.7. The molecule has 31 heavy (non-hydrogen) atoms. The molecule has 3 N–H and O–H groups in total. The van der Waals surface area contributed by atoms with Gasteiger partial charge in [0.2, 0.25) is 5.95 Å². The fourth-order valence-electron chi connectivity index (χ4n) is 3.88. The smallest absolute Gasteiger partial charge is 0.271 e. The molecule has 0 amide bonds. The van der Waals surface area contributed by atoms with Gasteiger partial charge in [-0.2, -0.15) is 4.98 Å². The number of nitrogens with zero attached hydrogens (tertiary/aromatic N) is 3. The Morgan fingerprint density at radius 1 is 1.32 bits per heavy atom. The number of rotatable bonds is 7. The van der Waals surface area contributed by atoms with Crippen molar-refractivity contribution in [3.63, 3.8) is 0 Å². The molecule has 1 saturated carbocycles. The summed E-state index contributed by atoms with van der Waals surface area (Å²) in [6.07, 6.45) is 6.07. The topological polar surface area (TPSA) is 130 Å². The van der Waals surface area contributed by atoms with E-state index < -0.39 is 15.1 Å². The predicted octanol–water partition coefficient (Wildman–Crippen LogP) is 2.87. The molecule has 0 unspecified atom stereocenters. The van der Waals surface area contributed by atoms with Crippen LogP contribution in [0, 0.1) is 5.41 Å². The summed E-state index contributed by atoms with van der Waals surface area (Å²) in [7, 11) is -1.93. The van der Waals surface area contributed by atoms with Gasteiger partial charge in [-0.05, 0) is 45.6 Å². The average Bonchev–Trinajstić information content (AvgIpc) is 2.73. The molecule has 0 radical (unpaired) electrons. The second-order valence-corrected chi connectivity index (χ2v) is 10.5. The number of allylic oxidation sites excluding steroid dienone is 1. The van der Waals surface area contributed by atoms with E-state index in [1.54, 1.807) is 23.9 Å². The van der Waals surface area contributed by atoms with Gasteiger partial charge in [0.05, 0.1) is 5.25 Å². The molecule has 0 aromatic carbocycles. The molecule has 0 spiro atoms. The minimum atomic E-state index is -3.54. The lowest BCUT2D eigenvalue weighted by molar-refractivity contribution is 0.452. The molecule has 1 fully saturated rings. The van der Waals surface area contributed by atoms with Crippen molar-refractivity contribution in [3.05, 3.63) is 38.7 Å². The first kappa shape index (κ1) is 23.2. The van der Waals surface area contributed by atoms with Crippen molar-refractivity contribution >= 4 is 44.6 Å². The van der Waals surface area contributed by atoms with E-state index in [9.17, 15) is 13.2 Å². The number of halogens is 1. The quantitative estimate of drug-likeness (QED) is 0.535. The number of aromatic nitrogens is 3. The number of sulfone groups is 1. The van der Waals surface area contributed by atoms with Gasteiger partial charge < -0.3 is 16.0 Å². The number of anilines is 1. The third kappa shape index (κ3) is 4.74. The molecule has 168 valence electrons. The van der Waals surface area contributed by atoms with E-state index in [0.717, 1.165) is 6.21 Å². The lowest BCUT2D eigenvalue weighted by Gasteiger charge is -2.29. The van der Waals surface area contributed by atoms with Crippen LogP contribution >= 0.6 is 11.6 Å². The highest BCUT2D eigenvalue weighted by atomic mass is 35.5. The zero-order valence-corrected chi connectivity index (χ0v) is 19.3. The van der Waals surface area contributed by atoms with Gasteiger partial charge in [-0.3, -0.25) is 9.36 Å². The van der Waals surface area contributed by atoms with Gasteiger partial charge in [-0.25, -0.2) is 13.4 Å². The summed E-state index contributed by atoms with van der Waals surface area (Å²) in [5, 5.41) is 13.6. The van der Waals surface area contributed by atoms with Crippen molar-refractivity contribution in [1.29, 1.82) is 5.41 Å². The van der Waals surface area contributed by atoms with Crippen molar-refractivity contribution in [2.75, 3.05) is 12.4 Å². The van der Waals surface area contributed by atoms with Gasteiger partial charge >= 0.3 is 0 Å². The highest BCUT2D eigenvalue weighted by Gasteiger charge is 2.33. The van der Waals surface area contributed by atoms with E-state index in [-0.39, 0.29) is 27.6 Å². The Morgan fingerprint density at radius 3 is 2.58 bits per heavy atom. The molecular weight excluding hydrogens is 440 g/mol. The van der Waals surface area contributed by atoms with Gasteiger partial charge in [-0.1, -0.05) is 11.6 Å². The largest absolute Gasteiger partial charge is 0.393 e. The van der Waals surface area contributed by atoms with Gasteiger partial charge in [0, 0.05) is 43.1 Å². The van der Waals surface area contributed by atoms with Crippen LogP contribution in [0.15, 0.2) is 28.2 Å². The second kappa shape index (κ2) is 9.35. The summed E-state index contributed by atoms with van der Waals surface area (Å²) in [6.45, 7) is 3.78. The fraction of sp³-hybridized carbons (Fsp3) is 0.500. The van der Waals surface area contributed by atoms with E-state index >= 15 is 0 Å². The summed E-state index contributed by atoms with van der Waals surface area (Å²) in [5.74, 6) is 0.394. The van der Waals surface area contributed by atoms with Crippen LogP contribution in [-0.4, -0.2) is 47.5 Å². The van der Waals surface area contributed by atoms with Crippen LogP contribution in [0.4, 0.5) is 5.95 Å². The van der Waals surface area contributed by atoms with Crippen LogP contribution in [0.5, 0.6) is 0 Å². The van der Waals surface area contributed by atoms with Crippen molar-refractivity contribution in [1.82, 2.24) is 19.9 Å². The maximum Gasteiger partial charge on any atom is 0.271 e. The highest BCUT2D eigenvalue weighted by Crippen LogP contribution is 2.29. The summed E-state index contributed by atoms with van der Waals surface area (Å²) in [5.41, 5.74) is 0.210. The first-order valence-electron chi connectivity index (χ1n) is 10.1. The van der Waals surface area contributed by atoms with Crippen molar-refractivity contribution < 1.29 is 8.42 Å². The number of hydrogen-bond donors (Lipinski definition) is 3. The molecule has 2 aromatic rings. The van der Waals surface area contributed by atoms with Crippen LogP contribution < -0.4 is 16.2 Å². The lowest BCUT2D eigenvalue weighted by Crippen LogP contribution is -2.34. The number of fused-ring (bicyclic) bond motifs is 1. The SMILES string of the molecule is CN/C=C(\C=N)S(=O)(=O)C1CCC(Nc2ncc3cc(Cl)c(=O)n(C(C)C)c3n2)CC1. The number of nitrogens with one attached hydrogen (secondary N) is 3. The van der Waals surface area contributed by atoms with Crippen molar-refractivity contribution in [2.24, 2.45) is 0 Å². The van der Waals surface area contributed by atoms with Crippen molar-refractivity contribution in [2.45, 2.75) is 56.9 Å². The van der Waals surface area contributed by atoms with Gasteiger partial charge in [0.1, 0.15) is 15.6 Å². The molecule has 2 aromatic heterocycles. The van der Waals surface area contributed by atoms with E-state index in [1.807, 2.05) is 13.8 Å². The zero-order chi connectivity index (χ0) is 22.8. The third-order valence-corrected chi connectivity index (χ3v) is 7.96. The molecule has 2 heterocycles. The standard InChI is InChI=1S/C20H27ClN6O3S/c1-12(2)27-18-13(8-17(21)19(27)28)10-24-20(26-18)25-14-4-6-15(7-5-14)31(29,30)16(9-22)11-23-3/h8-12,14-15,22-23H,4-7H2,1-3H3,(H,24,25,26)/b16-11+,22-9?. The molecule has 0 bridgehead atoms. The summed E-state index contributed by atoms with van der Waals surface area (Å²) in [4.78, 5) is 21.3. The molecule has 1 aliphatic rings. The first-order chi connectivity index (χ1) is 14.7. The van der Waals surface area contributed by atoms with E-state index in [4.69, 9.17) is 17.0 Å². The predicted molar refractivity (Wildman–Crippen MR) is 124 cm³/mol. The summed E-state index contributed by atoms with van der Waals surface area (Å²) >= 11 is 6.06. The van der Waals surface area contributed by atoms with Gasteiger partial charge in [0.15, 0.2) is 9.84 Å². The number of pyridine rings is 1. The molecule has 9 nitrogen and oxygen atoms in total. The van der Waals surface area contributed by atoms with Crippen LogP contribution in [0.3, 0.4) is 0 Å². The van der Waals surface area contributed by atoms with Gasteiger partial charge in [-0.15, -0.1) is 0 Å². The Hall–Kier alpha value is -2.46. The number of hydrogen-bond acceptors (Lipinski definition) is 8. The molecule has 11 heteroatoms. The summed E-state index contributed by atoms with van der Waals surface area (Å²) in [6, 6.07) is 1.47. The van der Waals surface area contributed by atoms with E-state index in [0.29, 0.717) is 42.7 Å². The lowest BCUT2D eigenvalue weighted by atomic mass is 9.95. The van der Waals surface area contributed by atoms with Gasteiger partial charge in [0.25, 0.3) is 5.56 Å². The van der Waals surface area contributed by atoms with Crippen LogP contribution in [0.2, 0.25) is 5.02 Å². The van der Waals surface area contributed by atoms with E-state index in [1.165, 1.54) is 6.20 Å². The Kier molecular flexibility index (Phi) is 7.00. The van der Waals surface area contributed by atoms with Crippen LogP contribution in [0.1, 0.15) is 45.6 Å². The van der Waals surface area contributed by atoms with Crippen LogP contribution in [0.25, 0.3) is 11.0 Å². The second-order valence-electron chi connectivity index (χ2n) is 7.88. The fourth-order valence-corrected chi connectivity index (χ4v) is 5.81. The molecule has 0 aliphatic heterocycles. The Labute approximate surface area is 186 Å². The average molecular weight is 467 g/mol. The normalized spacial score (nSPS) is 20.1. The Bertz CT molecular complexity index is 1170. The monoisotopic (exact) mass is 466 g/mol. The van der Waals surface area contributed by atoms with Crippen molar-refractivity contribution in [3.8, 4) is 0 Å². The molecule has 0 atom stereocenters. The molecule has 0 saturated heterocycles. The minimum absolute atomic E-state index is 0.00501. The third-order valence-electron chi connectivity index (χ3n) is 5.45. The Morgan fingerprint density at radius 2 is 2.00 bits per heavy atom. The Balaban J connectivity index is 1.77.